The predicted molar refractivity (Wildman–Crippen MR) is 88.2 cm³/mol. The second-order valence-electron chi connectivity index (χ2n) is 4.91. The summed E-state index contributed by atoms with van der Waals surface area (Å²) in [5.74, 6) is 0.903. The van der Waals surface area contributed by atoms with Gasteiger partial charge in [0.15, 0.2) is 0 Å². The average Bonchev–Trinajstić information content (AvgIpc) is 2.86. The van der Waals surface area contributed by atoms with Gasteiger partial charge in [0.05, 0.1) is 10.4 Å². The number of anilines is 1. The van der Waals surface area contributed by atoms with E-state index in [0.717, 1.165) is 22.2 Å². The van der Waals surface area contributed by atoms with Crippen LogP contribution in [0.3, 0.4) is 0 Å². The molecule has 0 saturated carbocycles. The second-order valence-corrected chi connectivity index (χ2v) is 6.46. The third kappa shape index (κ3) is 4.15. The molecule has 0 aliphatic carbocycles. The zero-order valence-corrected chi connectivity index (χ0v) is 13.6. The second kappa shape index (κ2) is 7.00. The van der Waals surface area contributed by atoms with Crippen LogP contribution < -0.4 is 10.1 Å². The standard InChI is InChI=1S/C16H20ClNOS/c1-4-11(2)19-15-7-5-6-14(9-15)18-12(3)13-8-16(17)20-10-13/h5-12,18H,4H2,1-3H3. The van der Waals surface area contributed by atoms with Gasteiger partial charge < -0.3 is 10.1 Å². The van der Waals surface area contributed by atoms with E-state index in [0.29, 0.717) is 0 Å². The molecule has 2 nitrogen and oxygen atoms in total. The zero-order valence-electron chi connectivity index (χ0n) is 12.0. The SMILES string of the molecule is CCC(C)Oc1cccc(NC(C)c2csc(Cl)c2)c1. The van der Waals surface area contributed by atoms with Gasteiger partial charge in [-0.2, -0.15) is 0 Å². The number of halogens is 1. The third-order valence-corrected chi connectivity index (χ3v) is 4.33. The first-order chi connectivity index (χ1) is 9.58. The highest BCUT2D eigenvalue weighted by Gasteiger charge is 2.08. The van der Waals surface area contributed by atoms with Crippen molar-refractivity contribution < 1.29 is 4.74 Å². The summed E-state index contributed by atoms with van der Waals surface area (Å²) < 4.78 is 6.66. The van der Waals surface area contributed by atoms with Crippen molar-refractivity contribution >= 4 is 28.6 Å². The molecule has 2 aromatic rings. The molecule has 1 heterocycles. The summed E-state index contributed by atoms with van der Waals surface area (Å²) in [6.07, 6.45) is 1.24. The Kier molecular flexibility index (Phi) is 5.32. The lowest BCUT2D eigenvalue weighted by Gasteiger charge is -2.17. The molecule has 0 fully saturated rings. The normalized spacial score (nSPS) is 13.8. The summed E-state index contributed by atoms with van der Waals surface area (Å²) in [6, 6.07) is 10.3. The first-order valence-electron chi connectivity index (χ1n) is 6.85. The zero-order chi connectivity index (χ0) is 14.5. The highest BCUT2D eigenvalue weighted by molar-refractivity contribution is 7.14. The van der Waals surface area contributed by atoms with Crippen molar-refractivity contribution in [3.05, 3.63) is 45.6 Å². The van der Waals surface area contributed by atoms with Gasteiger partial charge in [0, 0.05) is 17.8 Å². The summed E-state index contributed by atoms with van der Waals surface area (Å²) in [5, 5.41) is 5.55. The number of ether oxygens (including phenoxy) is 1. The molecule has 2 atom stereocenters. The van der Waals surface area contributed by atoms with Crippen LogP contribution in [0.15, 0.2) is 35.7 Å². The summed E-state index contributed by atoms with van der Waals surface area (Å²) >= 11 is 7.54. The lowest BCUT2D eigenvalue weighted by atomic mass is 10.1. The van der Waals surface area contributed by atoms with Crippen molar-refractivity contribution in [2.75, 3.05) is 5.32 Å². The van der Waals surface area contributed by atoms with Crippen molar-refractivity contribution in [3.63, 3.8) is 0 Å². The fraction of sp³-hybridized carbons (Fsp3) is 0.375. The summed E-state index contributed by atoms with van der Waals surface area (Å²) in [5.41, 5.74) is 2.26. The van der Waals surface area contributed by atoms with E-state index in [1.54, 1.807) is 11.3 Å². The molecule has 0 spiro atoms. The minimum absolute atomic E-state index is 0.220. The van der Waals surface area contributed by atoms with Gasteiger partial charge in [-0.15, -0.1) is 11.3 Å². The van der Waals surface area contributed by atoms with Crippen molar-refractivity contribution in [1.82, 2.24) is 0 Å². The molecule has 2 unspecified atom stereocenters. The van der Waals surface area contributed by atoms with Crippen LogP contribution in [-0.2, 0) is 0 Å². The average molecular weight is 310 g/mol. The maximum Gasteiger partial charge on any atom is 0.121 e. The number of hydrogen-bond donors (Lipinski definition) is 1. The molecule has 0 aliphatic rings. The molecule has 108 valence electrons. The van der Waals surface area contributed by atoms with Gasteiger partial charge >= 0.3 is 0 Å². The largest absolute Gasteiger partial charge is 0.491 e. The van der Waals surface area contributed by atoms with Crippen LogP contribution in [0.25, 0.3) is 0 Å². The summed E-state index contributed by atoms with van der Waals surface area (Å²) in [6.45, 7) is 6.33. The molecule has 20 heavy (non-hydrogen) atoms. The van der Waals surface area contributed by atoms with Crippen LogP contribution in [0.2, 0.25) is 4.34 Å². The van der Waals surface area contributed by atoms with Gasteiger partial charge in [-0.25, -0.2) is 0 Å². The molecular formula is C16H20ClNOS. The molecule has 1 aromatic heterocycles. The molecule has 1 aromatic carbocycles. The number of rotatable bonds is 6. The van der Waals surface area contributed by atoms with Crippen molar-refractivity contribution in [1.29, 1.82) is 0 Å². The van der Waals surface area contributed by atoms with Crippen LogP contribution in [-0.4, -0.2) is 6.10 Å². The molecule has 1 N–H and O–H groups in total. The Labute approximate surface area is 129 Å². The van der Waals surface area contributed by atoms with E-state index in [1.165, 1.54) is 5.56 Å². The summed E-state index contributed by atoms with van der Waals surface area (Å²) in [7, 11) is 0. The molecular weight excluding hydrogens is 290 g/mol. The van der Waals surface area contributed by atoms with E-state index in [2.05, 4.69) is 31.5 Å². The quantitative estimate of drug-likeness (QED) is 0.733. The minimum atomic E-state index is 0.220. The summed E-state index contributed by atoms with van der Waals surface area (Å²) in [4.78, 5) is 0. The van der Waals surface area contributed by atoms with Crippen LogP contribution >= 0.6 is 22.9 Å². The first kappa shape index (κ1) is 15.2. The van der Waals surface area contributed by atoms with Crippen LogP contribution in [0.4, 0.5) is 5.69 Å². The van der Waals surface area contributed by atoms with Crippen molar-refractivity contribution in [2.24, 2.45) is 0 Å². The predicted octanol–water partition coefficient (Wildman–Crippen LogP) is 5.75. The molecule has 0 aliphatic heterocycles. The van der Waals surface area contributed by atoms with Gasteiger partial charge in [0.1, 0.15) is 5.75 Å². The Bertz CT molecular complexity index is 555. The Hall–Kier alpha value is -1.19. The third-order valence-electron chi connectivity index (χ3n) is 3.22. The molecule has 0 saturated heterocycles. The monoisotopic (exact) mass is 309 g/mol. The van der Waals surface area contributed by atoms with E-state index < -0.39 is 0 Å². The number of thiophene rings is 1. The Morgan fingerprint density at radius 2 is 2.10 bits per heavy atom. The fourth-order valence-corrected chi connectivity index (χ4v) is 2.84. The molecule has 4 heteroatoms. The van der Waals surface area contributed by atoms with E-state index in [-0.39, 0.29) is 12.1 Å². The lowest BCUT2D eigenvalue weighted by molar-refractivity contribution is 0.217. The van der Waals surface area contributed by atoms with Crippen molar-refractivity contribution in [3.8, 4) is 5.75 Å². The maximum atomic E-state index is 5.98. The highest BCUT2D eigenvalue weighted by atomic mass is 35.5. The Balaban J connectivity index is 2.04. The van der Waals surface area contributed by atoms with Gasteiger partial charge in [-0.05, 0) is 49.4 Å². The molecule has 0 radical (unpaired) electrons. The topological polar surface area (TPSA) is 21.3 Å². The van der Waals surface area contributed by atoms with Gasteiger partial charge in [-0.1, -0.05) is 24.6 Å². The van der Waals surface area contributed by atoms with Gasteiger partial charge in [-0.3, -0.25) is 0 Å². The number of nitrogens with one attached hydrogen (secondary N) is 1. The van der Waals surface area contributed by atoms with E-state index >= 15 is 0 Å². The van der Waals surface area contributed by atoms with Gasteiger partial charge in [0.2, 0.25) is 0 Å². The van der Waals surface area contributed by atoms with E-state index in [9.17, 15) is 0 Å². The Morgan fingerprint density at radius 1 is 1.30 bits per heavy atom. The van der Waals surface area contributed by atoms with Gasteiger partial charge in [0.25, 0.3) is 0 Å². The smallest absolute Gasteiger partial charge is 0.121 e. The van der Waals surface area contributed by atoms with E-state index in [1.807, 2.05) is 30.3 Å². The number of benzene rings is 1. The van der Waals surface area contributed by atoms with Crippen LogP contribution in [0.1, 0.15) is 38.8 Å². The lowest BCUT2D eigenvalue weighted by Crippen LogP contribution is -2.10. The van der Waals surface area contributed by atoms with Crippen LogP contribution in [0.5, 0.6) is 5.75 Å². The van der Waals surface area contributed by atoms with Crippen LogP contribution in [0, 0.1) is 0 Å². The molecule has 0 bridgehead atoms. The molecule has 0 amide bonds. The maximum absolute atomic E-state index is 5.98. The van der Waals surface area contributed by atoms with Crippen molar-refractivity contribution in [2.45, 2.75) is 39.3 Å². The molecule has 2 rings (SSSR count). The number of hydrogen-bond acceptors (Lipinski definition) is 3. The van der Waals surface area contributed by atoms with E-state index in [4.69, 9.17) is 16.3 Å². The first-order valence-corrected chi connectivity index (χ1v) is 8.11. The fourth-order valence-electron chi connectivity index (χ4n) is 1.86. The highest BCUT2D eigenvalue weighted by Crippen LogP contribution is 2.28. The Morgan fingerprint density at radius 3 is 2.75 bits per heavy atom. The minimum Gasteiger partial charge on any atom is -0.491 e.